The smallest absolute Gasteiger partial charge is 0.321 e. The van der Waals surface area contributed by atoms with Gasteiger partial charge in [-0.15, -0.1) is 0 Å². The van der Waals surface area contributed by atoms with E-state index in [1.165, 1.54) is 0 Å². The lowest BCUT2D eigenvalue weighted by Crippen LogP contribution is -2.41. The van der Waals surface area contributed by atoms with Gasteiger partial charge in [0.05, 0.1) is 0 Å². The van der Waals surface area contributed by atoms with Crippen LogP contribution in [0.2, 0.25) is 0 Å². The third-order valence-electron chi connectivity index (χ3n) is 4.80. The second-order valence-corrected chi connectivity index (χ2v) is 7.75. The summed E-state index contributed by atoms with van der Waals surface area (Å²) in [6.45, 7) is 1.92. The van der Waals surface area contributed by atoms with Crippen molar-refractivity contribution in [3.8, 4) is 0 Å². The summed E-state index contributed by atoms with van der Waals surface area (Å²) in [4.78, 5) is 26.3. The van der Waals surface area contributed by atoms with E-state index >= 15 is 0 Å². The predicted molar refractivity (Wildman–Crippen MR) is 110 cm³/mol. The minimum absolute atomic E-state index is 0.0794. The van der Waals surface area contributed by atoms with Crippen LogP contribution in [0.1, 0.15) is 24.8 Å². The molecule has 0 saturated carbocycles. The maximum absolute atomic E-state index is 12.4. The Morgan fingerprint density at radius 2 is 1.67 bits per heavy atom. The van der Waals surface area contributed by atoms with Crippen LogP contribution in [0, 0.1) is 5.92 Å². The summed E-state index contributed by atoms with van der Waals surface area (Å²) in [5.74, 6) is 0.411. The fraction of sp³-hybridized carbons (Fsp3) is 0.333. The van der Waals surface area contributed by atoms with Crippen molar-refractivity contribution < 1.29 is 9.59 Å². The number of anilines is 1. The number of urea groups is 1. The van der Waals surface area contributed by atoms with Gasteiger partial charge in [0.25, 0.3) is 0 Å². The number of benzene rings is 2. The van der Waals surface area contributed by atoms with Crippen LogP contribution in [0.3, 0.4) is 0 Å². The zero-order valence-corrected chi connectivity index (χ0v) is 16.7. The average molecular weight is 430 g/mol. The van der Waals surface area contributed by atoms with Crippen LogP contribution < -0.4 is 10.6 Å². The van der Waals surface area contributed by atoms with Crippen LogP contribution in [0.5, 0.6) is 0 Å². The fourth-order valence-electron chi connectivity index (χ4n) is 3.21. The molecule has 1 saturated heterocycles. The Bertz CT molecular complexity index is 757. The van der Waals surface area contributed by atoms with Gasteiger partial charge < -0.3 is 15.5 Å². The van der Waals surface area contributed by atoms with Crippen molar-refractivity contribution in [3.05, 3.63) is 64.6 Å². The summed E-state index contributed by atoms with van der Waals surface area (Å²) in [6, 6.07) is 17.4. The lowest BCUT2D eigenvalue weighted by molar-refractivity contribution is -0.122. The molecule has 1 aliphatic rings. The van der Waals surface area contributed by atoms with Gasteiger partial charge in [0, 0.05) is 36.2 Å². The van der Waals surface area contributed by atoms with Gasteiger partial charge in [-0.05, 0) is 48.6 Å². The zero-order chi connectivity index (χ0) is 19.1. The Morgan fingerprint density at radius 1 is 1.00 bits per heavy atom. The SMILES string of the molecule is O=C(CC1CCN(C(=O)Nc2ccc(Br)cc2)CC1)NCc1ccccc1. The van der Waals surface area contributed by atoms with Crippen molar-refractivity contribution in [2.24, 2.45) is 5.92 Å². The average Bonchev–Trinajstić information content (AvgIpc) is 2.69. The molecule has 6 heteroatoms. The molecule has 3 rings (SSSR count). The van der Waals surface area contributed by atoms with E-state index in [1.54, 1.807) is 0 Å². The molecule has 27 heavy (non-hydrogen) atoms. The number of likely N-dealkylation sites (tertiary alicyclic amines) is 1. The first kappa shape index (κ1) is 19.4. The van der Waals surface area contributed by atoms with E-state index in [1.807, 2.05) is 59.5 Å². The summed E-state index contributed by atoms with van der Waals surface area (Å²) in [5.41, 5.74) is 1.89. The maximum atomic E-state index is 12.4. The standard InChI is InChI=1S/C21H24BrN3O2/c22-18-6-8-19(9-7-18)24-21(27)25-12-10-16(11-13-25)14-20(26)23-15-17-4-2-1-3-5-17/h1-9,16H,10-15H2,(H,23,26)(H,24,27). The third-order valence-corrected chi connectivity index (χ3v) is 5.33. The molecule has 1 aliphatic heterocycles. The number of nitrogens with one attached hydrogen (secondary N) is 2. The molecule has 0 spiro atoms. The monoisotopic (exact) mass is 429 g/mol. The van der Waals surface area contributed by atoms with Crippen LogP contribution >= 0.6 is 15.9 Å². The highest BCUT2D eigenvalue weighted by atomic mass is 79.9. The molecule has 0 atom stereocenters. The van der Waals surface area contributed by atoms with Gasteiger partial charge in [-0.1, -0.05) is 46.3 Å². The molecule has 0 unspecified atom stereocenters. The first-order chi connectivity index (χ1) is 13.1. The van der Waals surface area contributed by atoms with E-state index in [4.69, 9.17) is 0 Å². The molecule has 0 radical (unpaired) electrons. The van der Waals surface area contributed by atoms with Crippen molar-refractivity contribution in [1.82, 2.24) is 10.2 Å². The van der Waals surface area contributed by atoms with Gasteiger partial charge in [-0.2, -0.15) is 0 Å². The van der Waals surface area contributed by atoms with Crippen molar-refractivity contribution >= 4 is 33.6 Å². The number of amides is 3. The predicted octanol–water partition coefficient (Wildman–Crippen LogP) is 4.40. The highest BCUT2D eigenvalue weighted by molar-refractivity contribution is 9.10. The van der Waals surface area contributed by atoms with E-state index < -0.39 is 0 Å². The number of halogens is 1. The normalized spacial score (nSPS) is 14.6. The van der Waals surface area contributed by atoms with Gasteiger partial charge >= 0.3 is 6.03 Å². The topological polar surface area (TPSA) is 61.4 Å². The van der Waals surface area contributed by atoms with Gasteiger partial charge in [0.1, 0.15) is 0 Å². The Balaban J connectivity index is 1.38. The summed E-state index contributed by atoms with van der Waals surface area (Å²) < 4.78 is 0.979. The molecule has 1 heterocycles. The number of hydrogen-bond acceptors (Lipinski definition) is 2. The molecule has 0 aliphatic carbocycles. The number of carbonyl (C=O) groups excluding carboxylic acids is 2. The summed E-state index contributed by atoms with van der Waals surface area (Å²) >= 11 is 3.38. The van der Waals surface area contributed by atoms with Gasteiger partial charge in [0.2, 0.25) is 5.91 Å². The quantitative estimate of drug-likeness (QED) is 0.739. The number of carbonyl (C=O) groups is 2. The Morgan fingerprint density at radius 3 is 2.33 bits per heavy atom. The molecule has 0 bridgehead atoms. The molecule has 3 amide bonds. The maximum Gasteiger partial charge on any atom is 0.321 e. The van der Waals surface area contributed by atoms with Crippen molar-refractivity contribution in [2.75, 3.05) is 18.4 Å². The molecular weight excluding hydrogens is 406 g/mol. The number of nitrogens with zero attached hydrogens (tertiary/aromatic N) is 1. The van der Waals surface area contributed by atoms with E-state index in [0.29, 0.717) is 32.0 Å². The van der Waals surface area contributed by atoms with Crippen LogP contribution in [0.25, 0.3) is 0 Å². The molecule has 2 N–H and O–H groups in total. The van der Waals surface area contributed by atoms with Crippen LogP contribution in [-0.2, 0) is 11.3 Å². The van der Waals surface area contributed by atoms with E-state index in [0.717, 1.165) is 28.6 Å². The van der Waals surface area contributed by atoms with Crippen LogP contribution in [0.4, 0.5) is 10.5 Å². The first-order valence-electron chi connectivity index (χ1n) is 9.22. The van der Waals surface area contributed by atoms with Gasteiger partial charge in [-0.25, -0.2) is 4.79 Å². The number of piperidine rings is 1. The van der Waals surface area contributed by atoms with E-state index in [-0.39, 0.29) is 11.9 Å². The summed E-state index contributed by atoms with van der Waals surface area (Å²) in [7, 11) is 0. The largest absolute Gasteiger partial charge is 0.352 e. The van der Waals surface area contributed by atoms with E-state index in [2.05, 4.69) is 26.6 Å². The van der Waals surface area contributed by atoms with Crippen molar-refractivity contribution in [2.45, 2.75) is 25.8 Å². The van der Waals surface area contributed by atoms with E-state index in [9.17, 15) is 9.59 Å². The molecule has 0 aromatic heterocycles. The van der Waals surface area contributed by atoms with Crippen molar-refractivity contribution in [3.63, 3.8) is 0 Å². The van der Waals surface area contributed by atoms with Gasteiger partial charge in [-0.3, -0.25) is 4.79 Å². The second kappa shape index (κ2) is 9.55. The third kappa shape index (κ3) is 6.10. The second-order valence-electron chi connectivity index (χ2n) is 6.83. The Labute approximate surface area is 168 Å². The van der Waals surface area contributed by atoms with Crippen molar-refractivity contribution in [1.29, 1.82) is 0 Å². The lowest BCUT2D eigenvalue weighted by Gasteiger charge is -2.31. The molecule has 2 aromatic rings. The lowest BCUT2D eigenvalue weighted by atomic mass is 9.93. The Kier molecular flexibility index (Phi) is 6.87. The molecule has 2 aromatic carbocycles. The number of rotatable bonds is 5. The zero-order valence-electron chi connectivity index (χ0n) is 15.2. The highest BCUT2D eigenvalue weighted by Crippen LogP contribution is 2.22. The Hall–Kier alpha value is -2.34. The van der Waals surface area contributed by atoms with Gasteiger partial charge in [0.15, 0.2) is 0 Å². The molecule has 5 nitrogen and oxygen atoms in total. The minimum atomic E-state index is -0.0794. The molecule has 142 valence electrons. The first-order valence-corrected chi connectivity index (χ1v) is 10.0. The van der Waals surface area contributed by atoms with Crippen LogP contribution in [0.15, 0.2) is 59.1 Å². The molecule has 1 fully saturated rings. The minimum Gasteiger partial charge on any atom is -0.352 e. The fourth-order valence-corrected chi connectivity index (χ4v) is 3.47. The number of hydrogen-bond donors (Lipinski definition) is 2. The summed E-state index contributed by atoms with van der Waals surface area (Å²) in [5, 5.41) is 5.90. The highest BCUT2D eigenvalue weighted by Gasteiger charge is 2.24. The molecular formula is C21H24BrN3O2. The van der Waals surface area contributed by atoms with Crippen LogP contribution in [-0.4, -0.2) is 29.9 Å². The summed E-state index contributed by atoms with van der Waals surface area (Å²) in [6.07, 6.45) is 2.23.